The zero-order chi connectivity index (χ0) is 12.8. The molecule has 3 heteroatoms. The molecular weight excluding hydrogens is 246 g/mol. The van der Waals surface area contributed by atoms with Crippen LogP contribution in [0.15, 0.2) is 48.5 Å². The molecule has 0 aliphatic heterocycles. The molecule has 0 saturated heterocycles. The van der Waals surface area contributed by atoms with Crippen molar-refractivity contribution in [3.8, 4) is 5.75 Å². The molecule has 2 nitrogen and oxygen atoms in total. The molecule has 90 valence electrons. The fourth-order valence-electron chi connectivity index (χ4n) is 1.59. The van der Waals surface area contributed by atoms with Gasteiger partial charge in [0.2, 0.25) is 6.54 Å². The van der Waals surface area contributed by atoms with Gasteiger partial charge < -0.3 is 9.58 Å². The van der Waals surface area contributed by atoms with E-state index in [4.69, 9.17) is 22.9 Å². The van der Waals surface area contributed by atoms with Gasteiger partial charge in [0.05, 0.1) is 5.02 Å². The van der Waals surface area contributed by atoms with Gasteiger partial charge in [-0.2, -0.15) is 0 Å². The number of benzene rings is 2. The van der Waals surface area contributed by atoms with E-state index in [0.717, 1.165) is 11.1 Å². The summed E-state index contributed by atoms with van der Waals surface area (Å²) in [5.41, 5.74) is 2.00. The predicted molar refractivity (Wildman–Crippen MR) is 72.5 cm³/mol. The first-order valence-corrected chi connectivity index (χ1v) is 5.96. The summed E-state index contributed by atoms with van der Waals surface area (Å²) in [6.45, 7) is 7.64. The number of rotatable bonds is 4. The average molecular weight is 258 g/mol. The van der Waals surface area contributed by atoms with Crippen molar-refractivity contribution in [3.05, 3.63) is 76.1 Å². The molecule has 0 aliphatic rings. The summed E-state index contributed by atoms with van der Waals surface area (Å²) in [4.78, 5) is 3.32. The molecule has 0 unspecified atom stereocenters. The predicted octanol–water partition coefficient (Wildman–Crippen LogP) is 4.34. The zero-order valence-corrected chi connectivity index (χ0v) is 10.5. The van der Waals surface area contributed by atoms with Crippen molar-refractivity contribution in [3.63, 3.8) is 0 Å². The highest BCUT2D eigenvalue weighted by atomic mass is 35.5. The summed E-state index contributed by atoms with van der Waals surface area (Å²) in [7, 11) is 0. The fourth-order valence-corrected chi connectivity index (χ4v) is 1.84. The Labute approximate surface area is 112 Å². The van der Waals surface area contributed by atoms with Crippen molar-refractivity contribution in [1.29, 1.82) is 0 Å². The fraction of sp³-hybridized carbons (Fsp3) is 0.133. The van der Waals surface area contributed by atoms with Gasteiger partial charge in [-0.25, -0.2) is 6.57 Å². The van der Waals surface area contributed by atoms with Gasteiger partial charge in [0.15, 0.2) is 0 Å². The topological polar surface area (TPSA) is 13.6 Å². The van der Waals surface area contributed by atoms with E-state index < -0.39 is 0 Å². The van der Waals surface area contributed by atoms with Gasteiger partial charge in [-0.1, -0.05) is 41.9 Å². The van der Waals surface area contributed by atoms with Crippen LogP contribution in [0, 0.1) is 6.57 Å². The highest BCUT2D eigenvalue weighted by Gasteiger charge is 2.04. The lowest BCUT2D eigenvalue weighted by molar-refractivity contribution is 0.306. The molecule has 0 bridgehead atoms. The Hall–Kier alpha value is -1.98. The van der Waals surface area contributed by atoms with Crippen LogP contribution in [0.1, 0.15) is 11.1 Å². The van der Waals surface area contributed by atoms with Gasteiger partial charge in [0, 0.05) is 5.56 Å². The van der Waals surface area contributed by atoms with Gasteiger partial charge in [-0.3, -0.25) is 0 Å². The lowest BCUT2D eigenvalue weighted by Gasteiger charge is -2.08. The van der Waals surface area contributed by atoms with E-state index in [-0.39, 0.29) is 0 Å². The Balaban J connectivity index is 2.04. The van der Waals surface area contributed by atoms with Gasteiger partial charge in [-0.15, -0.1) is 0 Å². The van der Waals surface area contributed by atoms with E-state index in [1.807, 2.05) is 42.5 Å². The quantitative estimate of drug-likeness (QED) is 0.743. The van der Waals surface area contributed by atoms with Gasteiger partial charge in [0.1, 0.15) is 12.4 Å². The first-order valence-electron chi connectivity index (χ1n) is 5.58. The van der Waals surface area contributed by atoms with E-state index >= 15 is 0 Å². The average Bonchev–Trinajstić information content (AvgIpc) is 2.39. The van der Waals surface area contributed by atoms with Crippen LogP contribution in [-0.4, -0.2) is 0 Å². The van der Waals surface area contributed by atoms with E-state index in [0.29, 0.717) is 23.9 Å². The van der Waals surface area contributed by atoms with Crippen molar-refractivity contribution in [1.82, 2.24) is 0 Å². The lowest BCUT2D eigenvalue weighted by atomic mass is 10.2. The molecule has 0 aromatic heterocycles. The highest BCUT2D eigenvalue weighted by molar-refractivity contribution is 6.32. The van der Waals surface area contributed by atoms with Crippen LogP contribution in [0.2, 0.25) is 5.02 Å². The van der Waals surface area contributed by atoms with Crippen LogP contribution in [0.4, 0.5) is 0 Å². The minimum atomic E-state index is 0.346. The Morgan fingerprint density at radius 2 is 1.83 bits per heavy atom. The standard InChI is InChI=1S/C15H12ClNO/c1-17-10-13-7-8-15(14(16)9-13)18-11-12-5-3-2-4-6-12/h2-9H,10-11H2. The number of halogens is 1. The second kappa shape index (κ2) is 6.09. The summed E-state index contributed by atoms with van der Waals surface area (Å²) < 4.78 is 5.65. The molecule has 18 heavy (non-hydrogen) atoms. The van der Waals surface area contributed by atoms with Crippen LogP contribution < -0.4 is 4.74 Å². The third-order valence-electron chi connectivity index (χ3n) is 2.50. The van der Waals surface area contributed by atoms with E-state index in [1.165, 1.54) is 0 Å². The monoisotopic (exact) mass is 257 g/mol. The molecule has 0 radical (unpaired) electrons. The van der Waals surface area contributed by atoms with E-state index in [9.17, 15) is 0 Å². The zero-order valence-electron chi connectivity index (χ0n) is 9.77. The maximum absolute atomic E-state index is 6.81. The first kappa shape index (κ1) is 12.5. The third kappa shape index (κ3) is 3.26. The van der Waals surface area contributed by atoms with Crippen LogP contribution >= 0.6 is 11.6 Å². The molecule has 2 aromatic rings. The van der Waals surface area contributed by atoms with Crippen LogP contribution in [-0.2, 0) is 13.2 Å². The smallest absolute Gasteiger partial charge is 0.239 e. The summed E-state index contributed by atoms with van der Waals surface area (Å²) in [5, 5.41) is 0.548. The molecule has 0 amide bonds. The number of nitrogens with zero attached hydrogens (tertiary/aromatic N) is 1. The minimum absolute atomic E-state index is 0.346. The Morgan fingerprint density at radius 3 is 2.50 bits per heavy atom. The maximum Gasteiger partial charge on any atom is 0.239 e. The van der Waals surface area contributed by atoms with Crippen molar-refractivity contribution in [2.75, 3.05) is 0 Å². The normalized spacial score (nSPS) is 9.78. The Morgan fingerprint density at radius 1 is 1.06 bits per heavy atom. The SMILES string of the molecule is [C-]#[N+]Cc1ccc(OCc2ccccc2)c(Cl)c1. The minimum Gasteiger partial charge on any atom is -0.487 e. The summed E-state index contributed by atoms with van der Waals surface area (Å²) in [6, 6.07) is 15.4. The van der Waals surface area contributed by atoms with Crippen molar-refractivity contribution >= 4 is 11.6 Å². The number of ether oxygens (including phenoxy) is 1. The number of hydrogen-bond donors (Lipinski definition) is 0. The largest absolute Gasteiger partial charge is 0.487 e. The Bertz CT molecular complexity index is 560. The molecule has 0 spiro atoms. The molecule has 0 heterocycles. The Kier molecular flexibility index (Phi) is 4.22. The van der Waals surface area contributed by atoms with Crippen molar-refractivity contribution in [2.45, 2.75) is 13.2 Å². The molecule has 2 aromatic carbocycles. The van der Waals surface area contributed by atoms with E-state index in [1.54, 1.807) is 6.07 Å². The lowest BCUT2D eigenvalue weighted by Crippen LogP contribution is -1.96. The van der Waals surface area contributed by atoms with Crippen molar-refractivity contribution < 1.29 is 4.74 Å². The van der Waals surface area contributed by atoms with Crippen LogP contribution in [0.5, 0.6) is 5.75 Å². The third-order valence-corrected chi connectivity index (χ3v) is 2.79. The van der Waals surface area contributed by atoms with E-state index in [2.05, 4.69) is 4.85 Å². The first-order chi connectivity index (χ1) is 8.79. The maximum atomic E-state index is 6.81. The summed E-state index contributed by atoms with van der Waals surface area (Å²) in [6.07, 6.45) is 0. The van der Waals surface area contributed by atoms with Crippen LogP contribution in [0.3, 0.4) is 0 Å². The second-order valence-electron chi connectivity index (χ2n) is 3.86. The van der Waals surface area contributed by atoms with Crippen LogP contribution in [0.25, 0.3) is 4.85 Å². The van der Waals surface area contributed by atoms with Gasteiger partial charge in [0.25, 0.3) is 0 Å². The molecule has 0 aliphatic carbocycles. The summed E-state index contributed by atoms with van der Waals surface area (Å²) in [5.74, 6) is 0.647. The molecule has 0 atom stereocenters. The molecular formula is C15H12ClNO. The second-order valence-corrected chi connectivity index (χ2v) is 4.26. The molecule has 0 N–H and O–H groups in total. The molecule has 2 rings (SSSR count). The molecule has 0 fully saturated rings. The van der Waals surface area contributed by atoms with Crippen molar-refractivity contribution in [2.24, 2.45) is 0 Å². The summed E-state index contributed by atoms with van der Waals surface area (Å²) >= 11 is 6.10. The highest BCUT2D eigenvalue weighted by Crippen LogP contribution is 2.26. The molecule has 0 saturated carbocycles. The number of hydrogen-bond acceptors (Lipinski definition) is 1. The van der Waals surface area contributed by atoms with Gasteiger partial charge >= 0.3 is 0 Å². The van der Waals surface area contributed by atoms with Gasteiger partial charge in [-0.05, 0) is 23.8 Å².